The molecule has 0 spiro atoms. The molecular weight excluding hydrogens is 342 g/mol. The van der Waals surface area contributed by atoms with Gasteiger partial charge in [-0.15, -0.1) is 0 Å². The molecule has 1 fully saturated rings. The van der Waals surface area contributed by atoms with E-state index in [1.165, 1.54) is 23.6 Å². The highest BCUT2D eigenvalue weighted by Gasteiger charge is 2.33. The standard InChI is InChI=1S/C17H13N3O2S2/c1-11(21)19-13-4-6-14(7-5-13)20-16(22)15(24-17(20)23)9-12-3-2-8-18-10-12/h2-10H,1H3,(H,19,21)/b15-9+. The molecule has 2 heterocycles. The highest BCUT2D eigenvalue weighted by atomic mass is 32.2. The van der Waals surface area contributed by atoms with Gasteiger partial charge < -0.3 is 5.32 Å². The predicted molar refractivity (Wildman–Crippen MR) is 101 cm³/mol. The van der Waals surface area contributed by atoms with E-state index in [0.29, 0.717) is 20.6 Å². The molecule has 0 aliphatic carbocycles. The number of nitrogens with one attached hydrogen (secondary N) is 1. The number of rotatable bonds is 3. The average Bonchev–Trinajstić information content (AvgIpc) is 2.83. The quantitative estimate of drug-likeness (QED) is 0.675. The van der Waals surface area contributed by atoms with Crippen molar-refractivity contribution in [2.24, 2.45) is 0 Å². The second-order valence-electron chi connectivity index (χ2n) is 5.03. The number of aromatic nitrogens is 1. The first-order valence-electron chi connectivity index (χ1n) is 7.10. The summed E-state index contributed by atoms with van der Waals surface area (Å²) in [6, 6.07) is 10.7. The molecule has 2 aromatic rings. The number of carbonyl (C=O) groups excluding carboxylic acids is 2. The summed E-state index contributed by atoms with van der Waals surface area (Å²) in [6.07, 6.45) is 5.14. The molecule has 120 valence electrons. The van der Waals surface area contributed by atoms with Crippen molar-refractivity contribution in [3.8, 4) is 0 Å². The third-order valence-corrected chi connectivity index (χ3v) is 4.52. The third-order valence-electron chi connectivity index (χ3n) is 3.22. The van der Waals surface area contributed by atoms with Crippen molar-refractivity contribution in [1.29, 1.82) is 0 Å². The minimum absolute atomic E-state index is 0.146. The maximum absolute atomic E-state index is 12.6. The van der Waals surface area contributed by atoms with Crippen LogP contribution in [0.4, 0.5) is 11.4 Å². The first-order chi connectivity index (χ1) is 11.5. The Morgan fingerprint density at radius 1 is 1.29 bits per heavy atom. The first-order valence-corrected chi connectivity index (χ1v) is 8.33. The summed E-state index contributed by atoms with van der Waals surface area (Å²) in [4.78, 5) is 29.8. The molecule has 1 aliphatic heterocycles. The lowest BCUT2D eigenvalue weighted by molar-refractivity contribution is -0.114. The molecule has 24 heavy (non-hydrogen) atoms. The van der Waals surface area contributed by atoms with Gasteiger partial charge in [0, 0.05) is 25.0 Å². The number of thioether (sulfide) groups is 1. The lowest BCUT2D eigenvalue weighted by Crippen LogP contribution is -2.27. The maximum atomic E-state index is 12.6. The highest BCUT2D eigenvalue weighted by Crippen LogP contribution is 2.36. The van der Waals surface area contributed by atoms with Crippen LogP contribution in [0.15, 0.2) is 53.7 Å². The van der Waals surface area contributed by atoms with Crippen molar-refractivity contribution < 1.29 is 9.59 Å². The van der Waals surface area contributed by atoms with Crippen LogP contribution in [-0.2, 0) is 9.59 Å². The fourth-order valence-electron chi connectivity index (χ4n) is 2.20. The first kappa shape index (κ1) is 16.4. The molecule has 0 atom stereocenters. The van der Waals surface area contributed by atoms with E-state index in [1.54, 1.807) is 42.7 Å². The zero-order valence-electron chi connectivity index (χ0n) is 12.7. The van der Waals surface area contributed by atoms with E-state index in [-0.39, 0.29) is 11.8 Å². The van der Waals surface area contributed by atoms with Crippen LogP contribution in [-0.4, -0.2) is 21.1 Å². The number of thiocarbonyl (C=S) groups is 1. The van der Waals surface area contributed by atoms with Crippen molar-refractivity contribution in [3.05, 3.63) is 59.3 Å². The van der Waals surface area contributed by atoms with Gasteiger partial charge >= 0.3 is 0 Å². The lowest BCUT2D eigenvalue weighted by atomic mass is 10.2. The number of benzene rings is 1. The van der Waals surface area contributed by atoms with Crippen LogP contribution in [0.2, 0.25) is 0 Å². The molecule has 1 saturated heterocycles. The Hall–Kier alpha value is -2.51. The van der Waals surface area contributed by atoms with Crippen molar-refractivity contribution in [1.82, 2.24) is 4.98 Å². The van der Waals surface area contributed by atoms with Gasteiger partial charge in [0.15, 0.2) is 4.32 Å². The van der Waals surface area contributed by atoms with Gasteiger partial charge in [-0.2, -0.15) is 0 Å². The summed E-state index contributed by atoms with van der Waals surface area (Å²) in [5.74, 6) is -0.311. The van der Waals surface area contributed by atoms with E-state index < -0.39 is 0 Å². The minimum atomic E-state index is -0.166. The fourth-order valence-corrected chi connectivity index (χ4v) is 3.50. The third kappa shape index (κ3) is 3.52. The normalized spacial score (nSPS) is 15.9. The van der Waals surface area contributed by atoms with E-state index in [9.17, 15) is 9.59 Å². The van der Waals surface area contributed by atoms with Crippen molar-refractivity contribution in [3.63, 3.8) is 0 Å². The molecule has 7 heteroatoms. The van der Waals surface area contributed by atoms with Crippen LogP contribution in [0.1, 0.15) is 12.5 Å². The van der Waals surface area contributed by atoms with Gasteiger partial charge in [0.1, 0.15) is 0 Å². The summed E-state index contributed by atoms with van der Waals surface area (Å²) in [5.41, 5.74) is 2.18. The van der Waals surface area contributed by atoms with Crippen molar-refractivity contribution in [2.45, 2.75) is 6.92 Å². The molecule has 5 nitrogen and oxygen atoms in total. The SMILES string of the molecule is CC(=O)Nc1ccc(N2C(=O)/C(=C\c3cccnc3)SC2=S)cc1. The topological polar surface area (TPSA) is 62.3 Å². The van der Waals surface area contributed by atoms with Crippen LogP contribution < -0.4 is 10.2 Å². The predicted octanol–water partition coefficient (Wildman–Crippen LogP) is 3.45. The largest absolute Gasteiger partial charge is 0.326 e. The highest BCUT2D eigenvalue weighted by molar-refractivity contribution is 8.27. The van der Waals surface area contributed by atoms with Gasteiger partial charge in [0.2, 0.25) is 5.91 Å². The minimum Gasteiger partial charge on any atom is -0.326 e. The smallest absolute Gasteiger partial charge is 0.270 e. The number of hydrogen-bond donors (Lipinski definition) is 1. The maximum Gasteiger partial charge on any atom is 0.270 e. The lowest BCUT2D eigenvalue weighted by Gasteiger charge is -2.15. The number of anilines is 2. The van der Waals surface area contributed by atoms with E-state index in [0.717, 1.165) is 5.56 Å². The summed E-state index contributed by atoms with van der Waals surface area (Å²) in [7, 11) is 0. The number of hydrogen-bond acceptors (Lipinski definition) is 5. The molecule has 2 amide bonds. The van der Waals surface area contributed by atoms with Gasteiger partial charge in [-0.05, 0) is 42.0 Å². The van der Waals surface area contributed by atoms with Gasteiger partial charge in [-0.25, -0.2) is 0 Å². The van der Waals surface area contributed by atoms with E-state index in [2.05, 4.69) is 10.3 Å². The van der Waals surface area contributed by atoms with Crippen LogP contribution in [0, 0.1) is 0 Å². The van der Waals surface area contributed by atoms with Crippen LogP contribution in [0.25, 0.3) is 6.08 Å². The Morgan fingerprint density at radius 2 is 2.04 bits per heavy atom. The van der Waals surface area contributed by atoms with E-state index in [1.807, 2.05) is 12.1 Å². The van der Waals surface area contributed by atoms with Gasteiger partial charge in [-0.3, -0.25) is 19.5 Å². The van der Waals surface area contributed by atoms with Crippen LogP contribution in [0.3, 0.4) is 0 Å². The van der Waals surface area contributed by atoms with Gasteiger partial charge in [-0.1, -0.05) is 30.0 Å². The Bertz CT molecular complexity index is 833. The van der Waals surface area contributed by atoms with Crippen molar-refractivity contribution >= 4 is 57.6 Å². The van der Waals surface area contributed by atoms with Crippen LogP contribution >= 0.6 is 24.0 Å². The Kier molecular flexibility index (Phi) is 4.73. The average molecular weight is 355 g/mol. The zero-order valence-corrected chi connectivity index (χ0v) is 14.4. The molecule has 1 aliphatic rings. The molecular formula is C17H13N3O2S2. The molecule has 1 N–H and O–H groups in total. The summed E-state index contributed by atoms with van der Waals surface area (Å²) >= 11 is 6.60. The Balaban J connectivity index is 1.84. The number of pyridine rings is 1. The molecule has 0 unspecified atom stereocenters. The summed E-state index contributed by atoms with van der Waals surface area (Å²) in [5, 5.41) is 2.69. The molecule has 1 aromatic carbocycles. The summed E-state index contributed by atoms with van der Waals surface area (Å²) < 4.78 is 0.474. The number of amides is 2. The Labute approximate surface area is 148 Å². The monoisotopic (exact) mass is 355 g/mol. The molecule has 0 bridgehead atoms. The molecule has 0 radical (unpaired) electrons. The van der Waals surface area contributed by atoms with Crippen molar-refractivity contribution in [2.75, 3.05) is 10.2 Å². The Morgan fingerprint density at radius 3 is 2.67 bits per heavy atom. The molecule has 3 rings (SSSR count). The van der Waals surface area contributed by atoms with Gasteiger partial charge in [0.25, 0.3) is 5.91 Å². The van der Waals surface area contributed by atoms with Gasteiger partial charge in [0.05, 0.1) is 10.6 Å². The second-order valence-corrected chi connectivity index (χ2v) is 6.71. The van der Waals surface area contributed by atoms with E-state index >= 15 is 0 Å². The number of nitrogens with zero attached hydrogens (tertiary/aromatic N) is 2. The summed E-state index contributed by atoms with van der Waals surface area (Å²) in [6.45, 7) is 1.44. The molecule has 1 aromatic heterocycles. The van der Waals surface area contributed by atoms with Crippen LogP contribution in [0.5, 0.6) is 0 Å². The second kappa shape index (κ2) is 6.94. The van der Waals surface area contributed by atoms with E-state index in [4.69, 9.17) is 12.2 Å². The number of carbonyl (C=O) groups is 2. The molecule has 0 saturated carbocycles. The fraction of sp³-hybridized carbons (Fsp3) is 0.0588. The zero-order chi connectivity index (χ0) is 17.1.